The molecule has 1 unspecified atom stereocenters. The third-order valence-electron chi connectivity index (χ3n) is 3.48. The van der Waals surface area contributed by atoms with Crippen LogP contribution in [0.3, 0.4) is 0 Å². The van der Waals surface area contributed by atoms with Crippen LogP contribution >= 0.6 is 11.3 Å². The molecule has 1 amide bonds. The van der Waals surface area contributed by atoms with Crippen LogP contribution in [-0.2, 0) is 17.6 Å². The molecule has 0 aliphatic heterocycles. The molecule has 0 saturated carbocycles. The maximum atomic E-state index is 12.1. The average Bonchev–Trinajstić information content (AvgIpc) is 2.67. The summed E-state index contributed by atoms with van der Waals surface area (Å²) in [5.41, 5.74) is 1.27. The summed E-state index contributed by atoms with van der Waals surface area (Å²) in [4.78, 5) is 24.9. The van der Waals surface area contributed by atoms with Crippen LogP contribution in [0.4, 0.5) is 0 Å². The van der Waals surface area contributed by atoms with E-state index in [-0.39, 0.29) is 5.91 Å². The normalized spacial score (nSPS) is 16.3. The summed E-state index contributed by atoms with van der Waals surface area (Å²) in [6.07, 6.45) is 6.09. The van der Waals surface area contributed by atoms with Crippen LogP contribution in [-0.4, -0.2) is 23.0 Å². The third-order valence-corrected chi connectivity index (χ3v) is 4.72. The van der Waals surface area contributed by atoms with Crippen molar-refractivity contribution in [2.24, 2.45) is 0 Å². The smallest absolute Gasteiger partial charge is 0.326 e. The number of hydrogen-bond donors (Lipinski definition) is 2. The lowest BCUT2D eigenvalue weighted by atomic mass is 10.1. The van der Waals surface area contributed by atoms with Crippen molar-refractivity contribution >= 4 is 23.2 Å². The van der Waals surface area contributed by atoms with Gasteiger partial charge in [-0.15, -0.1) is 11.3 Å². The molecule has 1 heterocycles. The highest BCUT2D eigenvalue weighted by molar-refractivity contribution is 7.14. The summed E-state index contributed by atoms with van der Waals surface area (Å²) in [7, 11) is 0. The number of aliphatic carboxylic acids is 1. The Hall–Kier alpha value is -1.36. The van der Waals surface area contributed by atoms with Crippen LogP contribution in [0.15, 0.2) is 6.07 Å². The van der Waals surface area contributed by atoms with Crippen molar-refractivity contribution in [1.29, 1.82) is 0 Å². The summed E-state index contributed by atoms with van der Waals surface area (Å²) in [6.45, 7) is 1.75. The van der Waals surface area contributed by atoms with Gasteiger partial charge in [0.25, 0.3) is 5.91 Å². The van der Waals surface area contributed by atoms with Gasteiger partial charge in [0.2, 0.25) is 0 Å². The van der Waals surface area contributed by atoms with Gasteiger partial charge in [0, 0.05) is 4.88 Å². The van der Waals surface area contributed by atoms with Gasteiger partial charge in [-0.05, 0) is 43.7 Å². The van der Waals surface area contributed by atoms with E-state index in [4.69, 9.17) is 5.11 Å². The zero-order chi connectivity index (χ0) is 13.8. The molecule has 0 aromatic carbocycles. The molecule has 2 rings (SSSR count). The number of carboxylic acids is 1. The first-order valence-electron chi connectivity index (χ1n) is 6.77. The van der Waals surface area contributed by atoms with Crippen molar-refractivity contribution in [3.05, 3.63) is 21.4 Å². The van der Waals surface area contributed by atoms with Gasteiger partial charge in [-0.3, -0.25) is 4.79 Å². The van der Waals surface area contributed by atoms with Crippen LogP contribution in [0.1, 0.15) is 52.7 Å². The predicted octanol–water partition coefficient (Wildman–Crippen LogP) is 2.61. The molecule has 0 saturated heterocycles. The topological polar surface area (TPSA) is 66.4 Å². The van der Waals surface area contributed by atoms with Gasteiger partial charge in [-0.1, -0.05) is 13.3 Å². The second-order valence-corrected chi connectivity index (χ2v) is 6.03. The highest BCUT2D eigenvalue weighted by Gasteiger charge is 2.21. The number of carbonyl (C=O) groups excluding carboxylic acids is 1. The summed E-state index contributed by atoms with van der Waals surface area (Å²) in [6, 6.07) is 1.14. The Morgan fingerprint density at radius 2 is 2.11 bits per heavy atom. The molecule has 0 bridgehead atoms. The van der Waals surface area contributed by atoms with Crippen molar-refractivity contribution in [3.8, 4) is 0 Å². The molecule has 1 aromatic heterocycles. The largest absolute Gasteiger partial charge is 0.480 e. The van der Waals surface area contributed by atoms with Gasteiger partial charge < -0.3 is 10.4 Å². The first-order valence-corrected chi connectivity index (χ1v) is 7.58. The fraction of sp³-hybridized carbons (Fsp3) is 0.571. The van der Waals surface area contributed by atoms with Gasteiger partial charge >= 0.3 is 5.97 Å². The molecule has 1 aliphatic rings. The minimum atomic E-state index is -0.978. The monoisotopic (exact) mass is 281 g/mol. The number of rotatable bonds is 4. The fourth-order valence-corrected chi connectivity index (χ4v) is 3.50. The van der Waals surface area contributed by atoms with E-state index >= 15 is 0 Å². The second kappa shape index (κ2) is 6.19. The molecule has 0 radical (unpaired) electrons. The van der Waals surface area contributed by atoms with Crippen molar-refractivity contribution in [1.82, 2.24) is 5.32 Å². The lowest BCUT2D eigenvalue weighted by molar-refractivity contribution is -0.139. The molecule has 1 aliphatic carbocycles. The summed E-state index contributed by atoms with van der Waals surface area (Å²) in [5.74, 6) is -1.23. The van der Waals surface area contributed by atoms with Crippen molar-refractivity contribution in [2.75, 3.05) is 0 Å². The molecule has 4 nitrogen and oxygen atoms in total. The van der Waals surface area contributed by atoms with Crippen molar-refractivity contribution in [2.45, 2.75) is 51.5 Å². The van der Waals surface area contributed by atoms with Crippen molar-refractivity contribution in [3.63, 3.8) is 0 Å². The van der Waals surface area contributed by atoms with Crippen LogP contribution in [0.2, 0.25) is 0 Å². The van der Waals surface area contributed by atoms with Crippen molar-refractivity contribution < 1.29 is 14.7 Å². The lowest BCUT2D eigenvalue weighted by Gasteiger charge is -2.10. The van der Waals surface area contributed by atoms with Crippen LogP contribution in [0.5, 0.6) is 0 Å². The van der Waals surface area contributed by atoms with E-state index in [1.807, 2.05) is 6.07 Å². The molecular weight excluding hydrogens is 262 g/mol. The van der Waals surface area contributed by atoms with E-state index in [1.54, 1.807) is 6.92 Å². The van der Waals surface area contributed by atoms with E-state index in [0.717, 1.165) is 12.8 Å². The zero-order valence-electron chi connectivity index (χ0n) is 11.1. The zero-order valence-corrected chi connectivity index (χ0v) is 11.9. The Morgan fingerprint density at radius 1 is 1.37 bits per heavy atom. The predicted molar refractivity (Wildman–Crippen MR) is 74.8 cm³/mol. The SMILES string of the molecule is CCC(NC(=O)c1cc2c(s1)CCCCC2)C(=O)O. The number of hydrogen-bond acceptors (Lipinski definition) is 3. The maximum Gasteiger partial charge on any atom is 0.326 e. The molecule has 5 heteroatoms. The van der Waals surface area contributed by atoms with E-state index in [1.165, 1.54) is 41.0 Å². The Labute approximate surface area is 116 Å². The molecule has 2 N–H and O–H groups in total. The Balaban J connectivity index is 2.09. The van der Waals surface area contributed by atoms with E-state index in [2.05, 4.69) is 5.32 Å². The Kier molecular flexibility index (Phi) is 4.58. The molecule has 0 spiro atoms. The van der Waals surface area contributed by atoms with E-state index in [9.17, 15) is 9.59 Å². The van der Waals surface area contributed by atoms with Gasteiger partial charge in [0.15, 0.2) is 0 Å². The third kappa shape index (κ3) is 3.35. The first kappa shape index (κ1) is 14.1. The van der Waals surface area contributed by atoms with E-state index in [0.29, 0.717) is 11.3 Å². The van der Waals surface area contributed by atoms with Gasteiger partial charge in [-0.2, -0.15) is 0 Å². The highest BCUT2D eigenvalue weighted by atomic mass is 32.1. The first-order chi connectivity index (χ1) is 9.11. The van der Waals surface area contributed by atoms with Gasteiger partial charge in [0.1, 0.15) is 6.04 Å². The quantitative estimate of drug-likeness (QED) is 0.834. The van der Waals surface area contributed by atoms with E-state index < -0.39 is 12.0 Å². The Morgan fingerprint density at radius 3 is 2.79 bits per heavy atom. The summed E-state index contributed by atoms with van der Waals surface area (Å²) >= 11 is 1.52. The molecular formula is C14H19NO3S. The number of carbonyl (C=O) groups is 2. The van der Waals surface area contributed by atoms with Gasteiger partial charge in [0.05, 0.1) is 4.88 Å². The molecule has 1 atom stereocenters. The fourth-order valence-electron chi connectivity index (χ4n) is 2.35. The van der Waals surface area contributed by atoms with Crippen LogP contribution in [0, 0.1) is 0 Å². The molecule has 0 fully saturated rings. The van der Waals surface area contributed by atoms with Gasteiger partial charge in [-0.25, -0.2) is 4.79 Å². The summed E-state index contributed by atoms with van der Waals surface area (Å²) in [5, 5.41) is 11.5. The second-order valence-electron chi connectivity index (χ2n) is 4.89. The lowest BCUT2D eigenvalue weighted by Crippen LogP contribution is -2.39. The minimum Gasteiger partial charge on any atom is -0.480 e. The summed E-state index contributed by atoms with van der Waals surface area (Å²) < 4.78 is 0. The number of fused-ring (bicyclic) bond motifs is 1. The number of nitrogens with one attached hydrogen (secondary N) is 1. The minimum absolute atomic E-state index is 0.257. The number of aryl methyl sites for hydroxylation is 2. The van der Waals surface area contributed by atoms with Crippen LogP contribution < -0.4 is 5.32 Å². The number of thiophene rings is 1. The maximum absolute atomic E-state index is 12.1. The number of amides is 1. The Bertz CT molecular complexity index is 458. The average molecular weight is 281 g/mol. The molecule has 1 aromatic rings. The standard InChI is InChI=1S/C14H19NO3S/c1-2-10(14(17)18)15-13(16)12-8-9-6-4-3-5-7-11(9)19-12/h8,10H,2-7H2,1H3,(H,15,16)(H,17,18). The van der Waals surface area contributed by atoms with Crippen LogP contribution in [0.25, 0.3) is 0 Å². The molecule has 19 heavy (non-hydrogen) atoms. The number of carboxylic acid groups (broad SMARTS) is 1. The molecule has 104 valence electrons. The highest BCUT2D eigenvalue weighted by Crippen LogP contribution is 2.28.